The molecule has 0 spiro atoms. The van der Waals surface area contributed by atoms with Crippen LogP contribution < -0.4 is 5.32 Å². The van der Waals surface area contributed by atoms with Crippen molar-refractivity contribution in [1.82, 2.24) is 15.5 Å². The second kappa shape index (κ2) is 6.12. The quantitative estimate of drug-likeness (QED) is 0.847. The smallest absolute Gasteiger partial charge is 0.230 e. The van der Waals surface area contributed by atoms with Crippen molar-refractivity contribution in [3.05, 3.63) is 11.7 Å². The highest BCUT2D eigenvalue weighted by Crippen LogP contribution is 2.25. The first-order chi connectivity index (χ1) is 8.31. The van der Waals surface area contributed by atoms with Gasteiger partial charge in [-0.05, 0) is 19.4 Å². The number of hydrogen-bond donors (Lipinski definition) is 1. The maximum atomic E-state index is 5.33. The summed E-state index contributed by atoms with van der Waals surface area (Å²) in [7, 11) is 0. The van der Waals surface area contributed by atoms with Gasteiger partial charge in [0.05, 0.1) is 0 Å². The lowest BCUT2D eigenvalue weighted by atomic mass is 10.00. The number of nitrogens with zero attached hydrogens (tertiary/aromatic N) is 2. The average molecular weight is 239 g/mol. The van der Waals surface area contributed by atoms with Gasteiger partial charge in [-0.25, -0.2) is 0 Å². The van der Waals surface area contributed by atoms with E-state index in [0.29, 0.717) is 5.92 Å². The van der Waals surface area contributed by atoms with Crippen LogP contribution in [0.25, 0.3) is 0 Å². The van der Waals surface area contributed by atoms with Crippen LogP contribution in [0.2, 0.25) is 0 Å². The topological polar surface area (TPSA) is 60.2 Å². The minimum Gasteiger partial charge on any atom is -0.381 e. The monoisotopic (exact) mass is 239 g/mol. The summed E-state index contributed by atoms with van der Waals surface area (Å²) in [6, 6.07) is 0. The molecule has 1 unspecified atom stereocenters. The highest BCUT2D eigenvalue weighted by Gasteiger charge is 2.22. The summed E-state index contributed by atoms with van der Waals surface area (Å²) in [5.74, 6) is 2.28. The first-order valence-electron chi connectivity index (χ1n) is 6.43. The standard InChI is InChI=1S/C12H21N3O2/c1-3-13-8-9(2)12-14-11(15-17-12)10-4-6-16-7-5-10/h9-10,13H,3-8H2,1-2H3. The molecule has 2 rings (SSSR count). The van der Waals surface area contributed by atoms with Crippen molar-refractivity contribution < 1.29 is 9.26 Å². The van der Waals surface area contributed by atoms with Crippen LogP contribution in [-0.4, -0.2) is 36.4 Å². The van der Waals surface area contributed by atoms with Crippen LogP contribution in [0, 0.1) is 0 Å². The van der Waals surface area contributed by atoms with Gasteiger partial charge in [-0.1, -0.05) is 19.0 Å². The van der Waals surface area contributed by atoms with Gasteiger partial charge in [0.15, 0.2) is 5.82 Å². The molecule has 17 heavy (non-hydrogen) atoms. The lowest BCUT2D eigenvalue weighted by Gasteiger charge is -2.18. The Hall–Kier alpha value is -0.940. The van der Waals surface area contributed by atoms with Gasteiger partial charge in [-0.3, -0.25) is 0 Å². The Morgan fingerprint density at radius 2 is 2.18 bits per heavy atom. The zero-order valence-electron chi connectivity index (χ0n) is 10.6. The van der Waals surface area contributed by atoms with Crippen LogP contribution in [0.4, 0.5) is 0 Å². The molecule has 0 aliphatic carbocycles. The SMILES string of the molecule is CCNCC(C)c1nc(C2CCOCC2)no1. The molecule has 2 heterocycles. The molecule has 5 nitrogen and oxygen atoms in total. The molecule has 0 aromatic carbocycles. The molecule has 1 aliphatic rings. The van der Waals surface area contributed by atoms with Crippen LogP contribution in [0.3, 0.4) is 0 Å². The third-order valence-corrected chi connectivity index (χ3v) is 3.17. The summed E-state index contributed by atoms with van der Waals surface area (Å²) >= 11 is 0. The fraction of sp³-hybridized carbons (Fsp3) is 0.833. The fourth-order valence-corrected chi connectivity index (χ4v) is 2.02. The number of rotatable bonds is 5. The van der Waals surface area contributed by atoms with Crippen molar-refractivity contribution in [3.63, 3.8) is 0 Å². The van der Waals surface area contributed by atoms with E-state index in [0.717, 1.165) is 50.9 Å². The summed E-state index contributed by atoms with van der Waals surface area (Å²) in [4.78, 5) is 4.51. The van der Waals surface area contributed by atoms with Gasteiger partial charge >= 0.3 is 0 Å². The maximum absolute atomic E-state index is 5.33. The number of hydrogen-bond acceptors (Lipinski definition) is 5. The maximum Gasteiger partial charge on any atom is 0.230 e. The van der Waals surface area contributed by atoms with E-state index in [4.69, 9.17) is 9.26 Å². The molecule has 1 fully saturated rings. The van der Waals surface area contributed by atoms with Gasteiger partial charge in [0.2, 0.25) is 5.89 Å². The lowest BCUT2D eigenvalue weighted by molar-refractivity contribution is 0.0830. The Kier molecular flexibility index (Phi) is 4.50. The van der Waals surface area contributed by atoms with Gasteiger partial charge in [0.1, 0.15) is 0 Å². The molecule has 0 radical (unpaired) electrons. The molecule has 1 N–H and O–H groups in total. The second-order valence-electron chi connectivity index (χ2n) is 4.59. The zero-order chi connectivity index (χ0) is 12.1. The number of ether oxygens (including phenoxy) is 1. The Morgan fingerprint density at radius 1 is 1.41 bits per heavy atom. The molecule has 1 atom stereocenters. The Bertz CT molecular complexity index is 334. The third kappa shape index (κ3) is 3.26. The molecular weight excluding hydrogens is 218 g/mol. The van der Waals surface area contributed by atoms with Gasteiger partial charge < -0.3 is 14.6 Å². The van der Waals surface area contributed by atoms with Crippen molar-refractivity contribution in [3.8, 4) is 0 Å². The second-order valence-corrected chi connectivity index (χ2v) is 4.59. The summed E-state index contributed by atoms with van der Waals surface area (Å²) in [5, 5.41) is 7.39. The predicted molar refractivity (Wildman–Crippen MR) is 64.1 cm³/mol. The molecule has 1 aromatic heterocycles. The van der Waals surface area contributed by atoms with Crippen LogP contribution >= 0.6 is 0 Å². The van der Waals surface area contributed by atoms with Crippen molar-refractivity contribution in [2.24, 2.45) is 0 Å². The fourth-order valence-electron chi connectivity index (χ4n) is 2.02. The van der Waals surface area contributed by atoms with Gasteiger partial charge in [0, 0.05) is 31.6 Å². The highest BCUT2D eigenvalue weighted by molar-refractivity contribution is 4.99. The van der Waals surface area contributed by atoms with E-state index in [-0.39, 0.29) is 5.92 Å². The summed E-state index contributed by atoms with van der Waals surface area (Å²) < 4.78 is 10.7. The first kappa shape index (κ1) is 12.5. The normalized spacial score (nSPS) is 19.4. The Balaban J connectivity index is 1.94. The number of nitrogens with one attached hydrogen (secondary N) is 1. The predicted octanol–water partition coefficient (Wildman–Crippen LogP) is 1.68. The van der Waals surface area contributed by atoms with Crippen molar-refractivity contribution in [2.45, 2.75) is 38.5 Å². The largest absolute Gasteiger partial charge is 0.381 e. The van der Waals surface area contributed by atoms with Crippen molar-refractivity contribution in [1.29, 1.82) is 0 Å². The lowest BCUT2D eigenvalue weighted by Crippen LogP contribution is -2.19. The van der Waals surface area contributed by atoms with E-state index in [1.165, 1.54) is 0 Å². The van der Waals surface area contributed by atoms with Crippen molar-refractivity contribution in [2.75, 3.05) is 26.3 Å². The molecule has 5 heteroatoms. The molecule has 0 amide bonds. The van der Waals surface area contributed by atoms with Crippen LogP contribution in [-0.2, 0) is 4.74 Å². The summed E-state index contributed by atoms with van der Waals surface area (Å²) in [5.41, 5.74) is 0. The zero-order valence-corrected chi connectivity index (χ0v) is 10.6. The van der Waals surface area contributed by atoms with E-state index in [2.05, 4.69) is 29.3 Å². The minimum atomic E-state index is 0.274. The molecule has 0 bridgehead atoms. The molecule has 1 saturated heterocycles. The van der Waals surface area contributed by atoms with E-state index in [1.807, 2.05) is 0 Å². The third-order valence-electron chi connectivity index (χ3n) is 3.17. The molecule has 96 valence electrons. The van der Waals surface area contributed by atoms with Crippen LogP contribution in [0.1, 0.15) is 50.2 Å². The van der Waals surface area contributed by atoms with Crippen LogP contribution in [0.5, 0.6) is 0 Å². The molecule has 1 aromatic rings. The molecule has 1 aliphatic heterocycles. The van der Waals surface area contributed by atoms with Gasteiger partial charge in [0.25, 0.3) is 0 Å². The Morgan fingerprint density at radius 3 is 2.88 bits per heavy atom. The number of aromatic nitrogens is 2. The van der Waals surface area contributed by atoms with Gasteiger partial charge in [-0.15, -0.1) is 0 Å². The van der Waals surface area contributed by atoms with E-state index in [1.54, 1.807) is 0 Å². The Labute approximate surface area is 102 Å². The summed E-state index contributed by atoms with van der Waals surface area (Å²) in [6.07, 6.45) is 2.00. The first-order valence-corrected chi connectivity index (χ1v) is 6.43. The van der Waals surface area contributed by atoms with E-state index in [9.17, 15) is 0 Å². The van der Waals surface area contributed by atoms with Crippen LogP contribution in [0.15, 0.2) is 4.52 Å². The van der Waals surface area contributed by atoms with E-state index >= 15 is 0 Å². The average Bonchev–Trinajstić information content (AvgIpc) is 2.86. The molecular formula is C12H21N3O2. The van der Waals surface area contributed by atoms with E-state index < -0.39 is 0 Å². The minimum absolute atomic E-state index is 0.274. The highest BCUT2D eigenvalue weighted by atomic mass is 16.5. The molecule has 0 saturated carbocycles. The number of likely N-dealkylation sites (N-methyl/N-ethyl adjacent to an activating group) is 1. The van der Waals surface area contributed by atoms with Crippen molar-refractivity contribution >= 4 is 0 Å². The van der Waals surface area contributed by atoms with Gasteiger partial charge in [-0.2, -0.15) is 4.98 Å². The summed E-state index contributed by atoms with van der Waals surface area (Å²) in [6.45, 7) is 7.65.